The smallest absolute Gasteiger partial charge is 0.253 e. The van der Waals surface area contributed by atoms with Crippen molar-refractivity contribution in [3.63, 3.8) is 0 Å². The van der Waals surface area contributed by atoms with Crippen LogP contribution in [0.2, 0.25) is 0 Å². The molecule has 0 saturated carbocycles. The number of hydrogen-bond donors (Lipinski definition) is 1. The highest BCUT2D eigenvalue weighted by atomic mass is 16.5. The lowest BCUT2D eigenvalue weighted by molar-refractivity contribution is -0.133. The van der Waals surface area contributed by atoms with Crippen molar-refractivity contribution in [1.82, 2.24) is 9.80 Å². The maximum atomic E-state index is 12.4. The molecule has 2 aliphatic heterocycles. The minimum atomic E-state index is 0.0757. The van der Waals surface area contributed by atoms with Gasteiger partial charge in [-0.15, -0.1) is 0 Å². The summed E-state index contributed by atoms with van der Waals surface area (Å²) < 4.78 is 5.25. The number of amides is 2. The molecular weight excluding hydrogens is 306 g/mol. The Morgan fingerprint density at radius 2 is 1.58 bits per heavy atom. The van der Waals surface area contributed by atoms with Gasteiger partial charge in [0.05, 0.1) is 19.8 Å². The summed E-state index contributed by atoms with van der Waals surface area (Å²) in [5.41, 5.74) is 1.56. The predicted molar refractivity (Wildman–Crippen MR) is 92.1 cm³/mol. The minimum absolute atomic E-state index is 0.0757. The van der Waals surface area contributed by atoms with E-state index in [-0.39, 0.29) is 18.4 Å². The molecule has 6 heteroatoms. The van der Waals surface area contributed by atoms with E-state index in [1.807, 2.05) is 34.1 Å². The quantitative estimate of drug-likeness (QED) is 0.910. The number of benzene rings is 1. The zero-order chi connectivity index (χ0) is 16.8. The predicted octanol–water partition coefficient (Wildman–Crippen LogP) is 1.58. The van der Waals surface area contributed by atoms with Gasteiger partial charge < -0.3 is 19.9 Å². The summed E-state index contributed by atoms with van der Waals surface area (Å²) in [6, 6.07) is 7.39. The van der Waals surface area contributed by atoms with Crippen LogP contribution >= 0.6 is 0 Å². The second-order valence-corrected chi connectivity index (χ2v) is 6.28. The molecule has 2 heterocycles. The standard InChI is InChI=1S/C18H25N3O3/c22-17(20-10-12-24-13-11-20)14-19-16-6-4-15(5-7-16)18(23)21-8-2-1-3-9-21/h4-7,19H,1-3,8-14H2. The van der Waals surface area contributed by atoms with Gasteiger partial charge in [-0.05, 0) is 43.5 Å². The monoisotopic (exact) mass is 331 g/mol. The van der Waals surface area contributed by atoms with Crippen molar-refractivity contribution < 1.29 is 14.3 Å². The molecule has 3 rings (SSSR count). The fourth-order valence-electron chi connectivity index (χ4n) is 3.11. The second kappa shape index (κ2) is 8.15. The van der Waals surface area contributed by atoms with Crippen molar-refractivity contribution >= 4 is 17.5 Å². The van der Waals surface area contributed by atoms with Gasteiger partial charge in [-0.1, -0.05) is 0 Å². The second-order valence-electron chi connectivity index (χ2n) is 6.28. The van der Waals surface area contributed by atoms with Crippen molar-refractivity contribution in [2.24, 2.45) is 0 Å². The van der Waals surface area contributed by atoms with E-state index in [2.05, 4.69) is 5.32 Å². The molecule has 0 aliphatic carbocycles. The third-order valence-corrected chi connectivity index (χ3v) is 4.58. The van der Waals surface area contributed by atoms with Gasteiger partial charge in [-0.3, -0.25) is 9.59 Å². The lowest BCUT2D eigenvalue weighted by atomic mass is 10.1. The Morgan fingerprint density at radius 1 is 0.917 bits per heavy atom. The highest BCUT2D eigenvalue weighted by molar-refractivity contribution is 5.94. The molecule has 130 valence electrons. The summed E-state index contributed by atoms with van der Waals surface area (Å²) in [6.45, 7) is 4.50. The summed E-state index contributed by atoms with van der Waals surface area (Å²) in [5.74, 6) is 0.178. The number of nitrogens with zero attached hydrogens (tertiary/aromatic N) is 2. The van der Waals surface area contributed by atoms with Crippen LogP contribution in [0.25, 0.3) is 0 Å². The SMILES string of the molecule is O=C(CNc1ccc(C(=O)N2CCCCC2)cc1)N1CCOCC1. The van der Waals surface area contributed by atoms with Gasteiger partial charge in [-0.2, -0.15) is 0 Å². The Bertz CT molecular complexity index is 561. The molecular formula is C18H25N3O3. The van der Waals surface area contributed by atoms with Gasteiger partial charge in [0.15, 0.2) is 0 Å². The summed E-state index contributed by atoms with van der Waals surface area (Å²) >= 11 is 0. The normalized spacial score (nSPS) is 18.3. The van der Waals surface area contributed by atoms with Gasteiger partial charge >= 0.3 is 0 Å². The molecule has 1 N–H and O–H groups in total. The molecule has 0 radical (unpaired) electrons. The first-order chi connectivity index (χ1) is 11.7. The van der Waals surface area contributed by atoms with Crippen molar-refractivity contribution in [2.45, 2.75) is 19.3 Å². The van der Waals surface area contributed by atoms with Crippen molar-refractivity contribution in [1.29, 1.82) is 0 Å². The van der Waals surface area contributed by atoms with Crippen LogP contribution in [-0.2, 0) is 9.53 Å². The molecule has 2 aliphatic rings. The van der Waals surface area contributed by atoms with Crippen LogP contribution in [0.4, 0.5) is 5.69 Å². The summed E-state index contributed by atoms with van der Waals surface area (Å²) in [7, 11) is 0. The fraction of sp³-hybridized carbons (Fsp3) is 0.556. The Hall–Kier alpha value is -2.08. The van der Waals surface area contributed by atoms with E-state index < -0.39 is 0 Å². The van der Waals surface area contributed by atoms with Crippen LogP contribution in [0, 0.1) is 0 Å². The van der Waals surface area contributed by atoms with E-state index >= 15 is 0 Å². The Labute approximate surface area is 142 Å². The number of piperidine rings is 1. The first kappa shape index (κ1) is 16.8. The van der Waals surface area contributed by atoms with Gasteiger partial charge in [0, 0.05) is 37.4 Å². The molecule has 24 heavy (non-hydrogen) atoms. The molecule has 2 amide bonds. The molecule has 2 fully saturated rings. The molecule has 0 unspecified atom stereocenters. The van der Waals surface area contributed by atoms with E-state index in [1.165, 1.54) is 6.42 Å². The number of carbonyl (C=O) groups is 2. The zero-order valence-electron chi connectivity index (χ0n) is 14.0. The molecule has 1 aromatic rings. The molecule has 0 atom stereocenters. The number of rotatable bonds is 4. The number of nitrogens with one attached hydrogen (secondary N) is 1. The van der Waals surface area contributed by atoms with Gasteiger partial charge in [0.25, 0.3) is 5.91 Å². The molecule has 0 aromatic heterocycles. The minimum Gasteiger partial charge on any atom is -0.378 e. The maximum absolute atomic E-state index is 12.4. The van der Waals surface area contributed by atoms with Crippen LogP contribution in [0.5, 0.6) is 0 Å². The topological polar surface area (TPSA) is 61.9 Å². The first-order valence-electron chi connectivity index (χ1n) is 8.73. The van der Waals surface area contributed by atoms with Gasteiger partial charge in [0.1, 0.15) is 0 Å². The molecule has 2 saturated heterocycles. The van der Waals surface area contributed by atoms with Crippen molar-refractivity contribution in [3.05, 3.63) is 29.8 Å². The summed E-state index contributed by atoms with van der Waals surface area (Å²) in [4.78, 5) is 28.3. The van der Waals surface area contributed by atoms with Gasteiger partial charge in [0.2, 0.25) is 5.91 Å². The fourth-order valence-corrected chi connectivity index (χ4v) is 3.11. The third-order valence-electron chi connectivity index (χ3n) is 4.58. The molecule has 0 spiro atoms. The Morgan fingerprint density at radius 3 is 2.25 bits per heavy atom. The Kier molecular flexibility index (Phi) is 5.69. The third kappa shape index (κ3) is 4.26. The van der Waals surface area contributed by atoms with Crippen molar-refractivity contribution in [2.75, 3.05) is 51.3 Å². The average Bonchev–Trinajstić information content (AvgIpc) is 2.67. The van der Waals surface area contributed by atoms with Crippen LogP contribution < -0.4 is 5.32 Å². The number of ether oxygens (including phenoxy) is 1. The average molecular weight is 331 g/mol. The largest absolute Gasteiger partial charge is 0.378 e. The lowest BCUT2D eigenvalue weighted by Crippen LogP contribution is -2.43. The first-order valence-corrected chi connectivity index (χ1v) is 8.73. The summed E-state index contributed by atoms with van der Waals surface area (Å²) in [5, 5.41) is 3.13. The zero-order valence-corrected chi connectivity index (χ0v) is 14.0. The molecule has 1 aromatic carbocycles. The number of morpholine rings is 1. The number of likely N-dealkylation sites (tertiary alicyclic amines) is 1. The van der Waals surface area contributed by atoms with Crippen LogP contribution in [0.15, 0.2) is 24.3 Å². The number of anilines is 1. The van der Waals surface area contributed by atoms with E-state index in [1.54, 1.807) is 0 Å². The van der Waals surface area contributed by atoms with E-state index in [4.69, 9.17) is 4.74 Å². The van der Waals surface area contributed by atoms with E-state index in [0.29, 0.717) is 31.9 Å². The highest BCUT2D eigenvalue weighted by Crippen LogP contribution is 2.15. The number of hydrogen-bond acceptors (Lipinski definition) is 4. The molecule has 6 nitrogen and oxygen atoms in total. The summed E-state index contributed by atoms with van der Waals surface area (Å²) in [6.07, 6.45) is 3.40. The van der Waals surface area contributed by atoms with E-state index in [0.717, 1.165) is 31.6 Å². The maximum Gasteiger partial charge on any atom is 0.253 e. The lowest BCUT2D eigenvalue weighted by Gasteiger charge is -2.27. The highest BCUT2D eigenvalue weighted by Gasteiger charge is 2.18. The van der Waals surface area contributed by atoms with Crippen molar-refractivity contribution in [3.8, 4) is 0 Å². The van der Waals surface area contributed by atoms with Crippen LogP contribution in [0.3, 0.4) is 0 Å². The van der Waals surface area contributed by atoms with Crippen LogP contribution in [0.1, 0.15) is 29.6 Å². The number of carbonyl (C=O) groups excluding carboxylic acids is 2. The molecule has 0 bridgehead atoms. The van der Waals surface area contributed by atoms with Crippen LogP contribution in [-0.4, -0.2) is 67.6 Å². The van der Waals surface area contributed by atoms with E-state index in [9.17, 15) is 9.59 Å². The van der Waals surface area contributed by atoms with Gasteiger partial charge in [-0.25, -0.2) is 0 Å². The Balaban J connectivity index is 1.50.